The normalized spacial score (nSPS) is 12.9. The van der Waals surface area contributed by atoms with Crippen LogP contribution in [0.1, 0.15) is 35.5 Å². The van der Waals surface area contributed by atoms with Crippen molar-refractivity contribution in [1.82, 2.24) is 14.5 Å². The Hall–Kier alpha value is -2.44. The molecule has 0 aliphatic carbocycles. The van der Waals surface area contributed by atoms with Gasteiger partial charge in [-0.2, -0.15) is 5.10 Å². The monoisotopic (exact) mass is 369 g/mol. The molecule has 136 valence electrons. The average Bonchev–Trinajstić information content (AvgIpc) is 2.91. The van der Waals surface area contributed by atoms with Crippen LogP contribution in [0.4, 0.5) is 0 Å². The molecule has 0 fully saturated rings. The summed E-state index contributed by atoms with van der Waals surface area (Å²) in [5.74, 6) is 0. The molecule has 1 N–H and O–H groups in total. The molecule has 0 saturated heterocycles. The van der Waals surface area contributed by atoms with E-state index in [9.17, 15) is 8.42 Å². The number of nitrogens with one attached hydrogen (secondary N) is 1. The van der Waals surface area contributed by atoms with Gasteiger partial charge < -0.3 is 0 Å². The van der Waals surface area contributed by atoms with E-state index in [2.05, 4.69) is 9.82 Å². The fraction of sp³-hybridized carbons (Fsp3) is 0.250. The zero-order chi connectivity index (χ0) is 18.9. The third kappa shape index (κ3) is 3.57. The number of benzene rings is 2. The van der Waals surface area contributed by atoms with E-state index in [1.54, 1.807) is 18.5 Å². The number of hydrogen-bond acceptors (Lipinski definition) is 3. The number of sulfonamides is 1. The average molecular weight is 369 g/mol. The second-order valence-electron chi connectivity index (χ2n) is 6.50. The Morgan fingerprint density at radius 2 is 1.58 bits per heavy atom. The Bertz CT molecular complexity index is 1010. The number of hydrogen-bond donors (Lipinski definition) is 1. The van der Waals surface area contributed by atoms with Crippen LogP contribution in [-0.4, -0.2) is 18.2 Å². The topological polar surface area (TPSA) is 64.0 Å². The number of aromatic nitrogens is 2. The van der Waals surface area contributed by atoms with Gasteiger partial charge in [-0.25, -0.2) is 17.8 Å². The van der Waals surface area contributed by atoms with Gasteiger partial charge >= 0.3 is 0 Å². The summed E-state index contributed by atoms with van der Waals surface area (Å²) in [6.45, 7) is 7.34. The molecule has 1 atom stereocenters. The fourth-order valence-corrected chi connectivity index (χ4v) is 4.68. The smallest absolute Gasteiger partial charge is 0.236 e. The molecule has 0 aliphatic rings. The lowest BCUT2D eigenvalue weighted by molar-refractivity contribution is 0.565. The summed E-state index contributed by atoms with van der Waals surface area (Å²) in [7, 11) is -3.70. The maximum atomic E-state index is 13.0. The van der Waals surface area contributed by atoms with Crippen LogP contribution in [0.3, 0.4) is 0 Å². The van der Waals surface area contributed by atoms with Crippen molar-refractivity contribution in [2.24, 2.45) is 0 Å². The molecule has 0 spiro atoms. The van der Waals surface area contributed by atoms with Gasteiger partial charge in [-0.05, 0) is 45.4 Å². The van der Waals surface area contributed by atoms with Gasteiger partial charge in [0.25, 0.3) is 0 Å². The third-order valence-electron chi connectivity index (χ3n) is 4.40. The summed E-state index contributed by atoms with van der Waals surface area (Å²) >= 11 is 0. The molecule has 6 heteroatoms. The molecule has 1 heterocycles. The van der Waals surface area contributed by atoms with Gasteiger partial charge in [-0.15, -0.1) is 0 Å². The van der Waals surface area contributed by atoms with Crippen LogP contribution in [-0.2, 0) is 10.0 Å². The Labute approximate surface area is 154 Å². The summed E-state index contributed by atoms with van der Waals surface area (Å²) in [6, 6.07) is 17.0. The molecular formula is C20H23N3O2S. The van der Waals surface area contributed by atoms with Crippen LogP contribution in [0.25, 0.3) is 5.69 Å². The first-order chi connectivity index (χ1) is 12.3. The predicted molar refractivity (Wildman–Crippen MR) is 103 cm³/mol. The van der Waals surface area contributed by atoms with Crippen molar-refractivity contribution in [2.45, 2.75) is 38.6 Å². The SMILES string of the molecule is Cc1ccc(C(C)NS(=O)(=O)c2c(C)nn(-c3ccccc3)c2C)cc1. The first-order valence-electron chi connectivity index (χ1n) is 8.50. The van der Waals surface area contributed by atoms with E-state index in [4.69, 9.17) is 0 Å². The van der Waals surface area contributed by atoms with Gasteiger partial charge in [0, 0.05) is 6.04 Å². The molecule has 0 aliphatic heterocycles. The van der Waals surface area contributed by atoms with Crippen LogP contribution >= 0.6 is 0 Å². The highest BCUT2D eigenvalue weighted by atomic mass is 32.2. The molecule has 5 nitrogen and oxygen atoms in total. The summed E-state index contributed by atoms with van der Waals surface area (Å²) in [6.07, 6.45) is 0. The minimum Gasteiger partial charge on any atom is -0.236 e. The molecule has 1 unspecified atom stereocenters. The summed E-state index contributed by atoms with van der Waals surface area (Å²) in [5.41, 5.74) is 3.97. The van der Waals surface area contributed by atoms with E-state index in [1.165, 1.54) is 0 Å². The predicted octanol–water partition coefficient (Wildman–Crippen LogP) is 3.84. The van der Waals surface area contributed by atoms with Crippen molar-refractivity contribution in [1.29, 1.82) is 0 Å². The Morgan fingerprint density at radius 1 is 0.962 bits per heavy atom. The van der Waals surface area contributed by atoms with Gasteiger partial charge in [-0.3, -0.25) is 0 Å². The molecule has 26 heavy (non-hydrogen) atoms. The van der Waals surface area contributed by atoms with Crippen molar-refractivity contribution in [3.63, 3.8) is 0 Å². The van der Waals surface area contributed by atoms with Gasteiger partial charge in [0.15, 0.2) is 0 Å². The number of nitrogens with zero attached hydrogens (tertiary/aromatic N) is 2. The van der Waals surface area contributed by atoms with Crippen molar-refractivity contribution >= 4 is 10.0 Å². The molecule has 2 aromatic carbocycles. The zero-order valence-corrected chi connectivity index (χ0v) is 16.2. The lowest BCUT2D eigenvalue weighted by atomic mass is 10.1. The van der Waals surface area contributed by atoms with Crippen molar-refractivity contribution in [3.05, 3.63) is 77.1 Å². The van der Waals surface area contributed by atoms with Gasteiger partial charge in [0.1, 0.15) is 4.90 Å². The minimum absolute atomic E-state index is 0.236. The second kappa shape index (κ2) is 7.05. The largest absolute Gasteiger partial charge is 0.244 e. The van der Waals surface area contributed by atoms with Crippen LogP contribution in [0.2, 0.25) is 0 Å². The standard InChI is InChI=1S/C20H23N3O2S/c1-14-10-12-18(13-11-14)15(2)22-26(24,25)20-16(3)21-23(17(20)4)19-8-6-5-7-9-19/h5-13,15,22H,1-4H3. The van der Waals surface area contributed by atoms with Crippen LogP contribution in [0.5, 0.6) is 0 Å². The number of para-hydroxylation sites is 1. The summed E-state index contributed by atoms with van der Waals surface area (Å²) in [5, 5.41) is 4.44. The van der Waals surface area contributed by atoms with E-state index in [0.717, 1.165) is 16.8 Å². The van der Waals surface area contributed by atoms with E-state index in [-0.39, 0.29) is 10.9 Å². The quantitative estimate of drug-likeness (QED) is 0.743. The van der Waals surface area contributed by atoms with Crippen LogP contribution < -0.4 is 4.72 Å². The van der Waals surface area contributed by atoms with Crippen molar-refractivity contribution in [2.75, 3.05) is 0 Å². The number of rotatable bonds is 5. The fourth-order valence-electron chi connectivity index (χ4n) is 3.05. The number of aryl methyl sites for hydroxylation is 2. The van der Waals surface area contributed by atoms with Gasteiger partial charge in [0.2, 0.25) is 10.0 Å². The third-order valence-corrected chi connectivity index (χ3v) is 6.20. The van der Waals surface area contributed by atoms with E-state index >= 15 is 0 Å². The molecule has 1 aromatic heterocycles. The lowest BCUT2D eigenvalue weighted by Gasteiger charge is -2.15. The molecule has 0 amide bonds. The maximum Gasteiger partial charge on any atom is 0.244 e. The molecule has 3 aromatic rings. The first kappa shape index (κ1) is 18.4. The molecular weight excluding hydrogens is 346 g/mol. The Morgan fingerprint density at radius 3 is 2.19 bits per heavy atom. The van der Waals surface area contributed by atoms with E-state index < -0.39 is 10.0 Å². The van der Waals surface area contributed by atoms with Crippen LogP contribution in [0, 0.1) is 20.8 Å². The van der Waals surface area contributed by atoms with Crippen molar-refractivity contribution < 1.29 is 8.42 Å². The Balaban J connectivity index is 1.95. The molecule has 0 bridgehead atoms. The molecule has 3 rings (SSSR count). The van der Waals surface area contributed by atoms with Crippen molar-refractivity contribution in [3.8, 4) is 5.69 Å². The summed E-state index contributed by atoms with van der Waals surface area (Å²) < 4.78 is 30.5. The minimum atomic E-state index is -3.70. The second-order valence-corrected chi connectivity index (χ2v) is 8.15. The van der Waals surface area contributed by atoms with Crippen LogP contribution in [0.15, 0.2) is 59.5 Å². The first-order valence-corrected chi connectivity index (χ1v) is 9.98. The van der Waals surface area contributed by atoms with Gasteiger partial charge in [0.05, 0.1) is 17.1 Å². The van der Waals surface area contributed by atoms with E-state index in [0.29, 0.717) is 11.4 Å². The highest BCUT2D eigenvalue weighted by Gasteiger charge is 2.27. The molecule has 0 saturated carbocycles. The van der Waals surface area contributed by atoms with Gasteiger partial charge in [-0.1, -0.05) is 48.0 Å². The lowest BCUT2D eigenvalue weighted by Crippen LogP contribution is -2.27. The summed E-state index contributed by atoms with van der Waals surface area (Å²) in [4.78, 5) is 0.236. The van der Waals surface area contributed by atoms with E-state index in [1.807, 2.05) is 68.4 Å². The maximum absolute atomic E-state index is 13.0. The highest BCUT2D eigenvalue weighted by molar-refractivity contribution is 7.89. The highest BCUT2D eigenvalue weighted by Crippen LogP contribution is 2.24. The Kier molecular flexibility index (Phi) is 4.98. The zero-order valence-electron chi connectivity index (χ0n) is 15.4. The molecule has 0 radical (unpaired) electrons.